The van der Waals surface area contributed by atoms with Crippen LogP contribution < -0.4 is 19.6 Å². The Morgan fingerprint density at radius 1 is 0.929 bits per heavy atom. The van der Waals surface area contributed by atoms with Gasteiger partial charge in [-0.3, -0.25) is 9.48 Å². The maximum Gasteiger partial charge on any atom is 0.264 e. The summed E-state index contributed by atoms with van der Waals surface area (Å²) in [5.41, 5.74) is 8.47. The number of halogens is 3. The number of carbonyl (C=O) groups excluding carboxylic acids is 1. The Labute approximate surface area is 415 Å². The Morgan fingerprint density at radius 2 is 1.66 bits per heavy atom. The molecule has 2 aromatic heterocycles. The summed E-state index contributed by atoms with van der Waals surface area (Å²) in [6.07, 6.45) is 14.4. The molecule has 1 spiro atoms. The van der Waals surface area contributed by atoms with Crippen LogP contribution in [0.3, 0.4) is 0 Å². The largest absolute Gasteiger partial charge is 0.368 e. The highest BCUT2D eigenvalue weighted by atomic mass is 35.5. The number of amidine groups is 1. The van der Waals surface area contributed by atoms with Crippen molar-refractivity contribution in [3.8, 4) is 17.2 Å². The van der Waals surface area contributed by atoms with Gasteiger partial charge in [-0.15, -0.1) is 10.2 Å². The normalized spacial score (nSPS) is 22.8. The zero-order chi connectivity index (χ0) is 48.3. The van der Waals surface area contributed by atoms with Crippen LogP contribution in [0.2, 0.25) is 5.02 Å². The molecule has 4 fully saturated rings. The molecule has 0 N–H and O–H groups in total. The Hall–Kier alpha value is -5.88. The molecule has 366 valence electrons. The van der Waals surface area contributed by atoms with Crippen LogP contribution in [0.5, 0.6) is 0 Å². The zero-order valence-electron chi connectivity index (χ0n) is 40.8. The van der Waals surface area contributed by atoms with E-state index in [2.05, 4.69) is 54.5 Å². The highest BCUT2D eigenvalue weighted by Crippen LogP contribution is 2.47. The van der Waals surface area contributed by atoms with Gasteiger partial charge < -0.3 is 24.5 Å². The number of aromatic nitrogens is 4. The van der Waals surface area contributed by atoms with Crippen molar-refractivity contribution in [3.05, 3.63) is 87.8 Å². The summed E-state index contributed by atoms with van der Waals surface area (Å²) in [5, 5.41) is 29.0. The molecule has 1 aliphatic carbocycles. The number of anilines is 4. The van der Waals surface area contributed by atoms with Crippen LogP contribution >= 0.6 is 11.6 Å². The predicted octanol–water partition coefficient (Wildman–Crippen LogP) is 9.76. The van der Waals surface area contributed by atoms with Crippen molar-refractivity contribution in [2.45, 2.75) is 110 Å². The van der Waals surface area contributed by atoms with Gasteiger partial charge in [0.2, 0.25) is 17.4 Å². The van der Waals surface area contributed by atoms with Crippen molar-refractivity contribution in [2.75, 3.05) is 72.0 Å². The van der Waals surface area contributed by atoms with Gasteiger partial charge in [0.15, 0.2) is 17.3 Å². The number of amides is 1. The van der Waals surface area contributed by atoms with Gasteiger partial charge in [0.05, 0.1) is 35.3 Å². The molecular weight excluding hydrogens is 906 g/mol. The summed E-state index contributed by atoms with van der Waals surface area (Å²) in [5.74, 6) is 4.14. The van der Waals surface area contributed by atoms with E-state index in [4.69, 9.17) is 26.9 Å². The van der Waals surface area contributed by atoms with E-state index in [0.29, 0.717) is 59.2 Å². The average Bonchev–Trinajstić information content (AvgIpc) is 4.08. The molecule has 1 amide bonds. The molecule has 4 aromatic rings. The van der Waals surface area contributed by atoms with Crippen LogP contribution in [0.1, 0.15) is 114 Å². The van der Waals surface area contributed by atoms with Gasteiger partial charge in [-0.1, -0.05) is 16.3 Å². The van der Waals surface area contributed by atoms with Crippen LogP contribution in [-0.2, 0) is 18.3 Å². The Balaban J connectivity index is 0.702. The van der Waals surface area contributed by atoms with Gasteiger partial charge in [0.1, 0.15) is 6.07 Å². The fourth-order valence-electron chi connectivity index (χ4n) is 13.0. The third-order valence-electron chi connectivity index (χ3n) is 16.9. The number of hydrogen-bond donors (Lipinski definition) is 0. The van der Waals surface area contributed by atoms with Crippen molar-refractivity contribution < 1.29 is 18.3 Å². The van der Waals surface area contributed by atoms with Crippen molar-refractivity contribution in [3.63, 3.8) is 0 Å². The van der Waals surface area contributed by atoms with E-state index >= 15 is 0 Å². The molecule has 0 unspecified atom stereocenters. The number of hydrogen-bond acceptors (Lipinski definition) is 10. The molecule has 13 nitrogen and oxygen atoms in total. The van der Waals surface area contributed by atoms with Gasteiger partial charge in [-0.2, -0.15) is 10.4 Å². The Kier molecular flexibility index (Phi) is 12.6. The number of carbonyl (C=O) groups is 1. The van der Waals surface area contributed by atoms with E-state index in [-0.39, 0.29) is 16.9 Å². The maximum absolute atomic E-state index is 14.8. The lowest BCUT2D eigenvalue weighted by atomic mass is 9.77. The molecule has 1 saturated carbocycles. The zero-order valence-corrected chi connectivity index (χ0v) is 41.5. The first-order chi connectivity index (χ1) is 33.9. The van der Waals surface area contributed by atoms with Crippen molar-refractivity contribution >= 4 is 52.1 Å². The lowest BCUT2D eigenvalue weighted by molar-refractivity contribution is -0.484. The van der Waals surface area contributed by atoms with Gasteiger partial charge >= 0.3 is 0 Å². The molecule has 1 atom stereocenters. The van der Waals surface area contributed by atoms with Gasteiger partial charge in [0.25, 0.3) is 6.43 Å². The van der Waals surface area contributed by atoms with Gasteiger partial charge in [0, 0.05) is 112 Å². The van der Waals surface area contributed by atoms with E-state index < -0.39 is 6.43 Å². The summed E-state index contributed by atoms with van der Waals surface area (Å²) < 4.78 is 33.4. The minimum atomic E-state index is -2.64. The molecule has 2 aromatic carbocycles. The number of piperidine rings is 2. The number of alkyl halides is 2. The van der Waals surface area contributed by atoms with E-state index in [0.717, 1.165) is 150 Å². The first kappa shape index (κ1) is 46.5. The average molecular weight is 971 g/mol. The van der Waals surface area contributed by atoms with Crippen molar-refractivity contribution in [1.82, 2.24) is 24.9 Å². The predicted molar refractivity (Wildman–Crippen MR) is 271 cm³/mol. The molecule has 8 heterocycles. The number of nitrogens with zero attached hydrogens (tertiary/aromatic N) is 12. The summed E-state index contributed by atoms with van der Waals surface area (Å²) in [4.78, 5) is 24.0. The molecular formula is C54H64ClF2N12O+. The lowest BCUT2D eigenvalue weighted by Gasteiger charge is -2.40. The molecule has 6 aliphatic heterocycles. The third kappa shape index (κ3) is 8.94. The standard InChI is InChI=1S/C54H64ClF2N12O/c1-35-29-54(34-68(35)43-11-8-40(30-58)47(55)27-43)17-23-65(24-18-54)51-13-12-50(60-61-51)64-20-14-38(15-21-64)25-37-6-9-42(10-7-37)69-48-16-22-66(36(2)70)33-46(48)53(62-69)67-19-4-5-39-26-44(41-31-59-63(3)32-41)45(52(56)57)28-49(39)67/h8,11-13,26-28,31-32,35,37-38,52H,4-7,9-10,14-25,29,33-34H2,1-3H3/q+1/t35-,37?/m0/s1. The molecule has 70 heavy (non-hydrogen) atoms. The molecule has 16 heteroatoms. The highest BCUT2D eigenvalue weighted by Gasteiger charge is 2.46. The summed E-state index contributed by atoms with van der Waals surface area (Å²) >= 11 is 6.42. The molecule has 11 rings (SSSR count). The maximum atomic E-state index is 14.8. The Morgan fingerprint density at radius 3 is 2.31 bits per heavy atom. The first-order valence-corrected chi connectivity index (χ1v) is 26.0. The summed E-state index contributed by atoms with van der Waals surface area (Å²) in [6.45, 7) is 10.7. The third-order valence-corrected chi connectivity index (χ3v) is 17.2. The molecule has 7 aliphatic rings. The minimum absolute atomic E-state index is 0.00186. The van der Waals surface area contributed by atoms with Gasteiger partial charge in [-0.25, -0.2) is 8.78 Å². The van der Waals surface area contributed by atoms with Crippen LogP contribution in [0, 0.1) is 28.6 Å². The highest BCUT2D eigenvalue weighted by molar-refractivity contribution is 6.32. The van der Waals surface area contributed by atoms with Crippen LogP contribution in [0.25, 0.3) is 11.1 Å². The number of aryl methyl sites for hydroxylation is 2. The fourth-order valence-corrected chi connectivity index (χ4v) is 13.2. The van der Waals surface area contributed by atoms with Crippen LogP contribution in [-0.4, -0.2) is 105 Å². The van der Waals surface area contributed by atoms with E-state index in [1.54, 1.807) is 37.1 Å². The van der Waals surface area contributed by atoms with E-state index in [9.17, 15) is 18.8 Å². The van der Waals surface area contributed by atoms with Gasteiger partial charge in [-0.05, 0) is 142 Å². The Bertz CT molecular complexity index is 2790. The number of hydrazone groups is 1. The molecule has 0 radical (unpaired) electrons. The molecule has 0 bridgehead atoms. The second-order valence-electron chi connectivity index (χ2n) is 21.2. The number of rotatable bonds is 7. The van der Waals surface area contributed by atoms with Crippen molar-refractivity contribution in [2.24, 2.45) is 29.4 Å². The number of benzene rings is 2. The molecule has 3 saturated heterocycles. The second-order valence-corrected chi connectivity index (χ2v) is 21.7. The number of fused-ring (bicyclic) bond motifs is 1. The van der Waals surface area contributed by atoms with E-state index in [1.807, 2.05) is 29.2 Å². The quantitative estimate of drug-likeness (QED) is 0.167. The minimum Gasteiger partial charge on any atom is -0.368 e. The van der Waals surface area contributed by atoms with Crippen LogP contribution in [0.4, 0.5) is 31.8 Å². The summed E-state index contributed by atoms with van der Waals surface area (Å²) in [6, 6.07) is 16.4. The smallest absolute Gasteiger partial charge is 0.264 e. The fraction of sp³-hybridized carbons (Fsp3) is 0.537. The monoisotopic (exact) mass is 969 g/mol. The lowest BCUT2D eigenvalue weighted by Crippen LogP contribution is -2.42. The second kappa shape index (κ2) is 19.0. The summed E-state index contributed by atoms with van der Waals surface area (Å²) in [7, 11) is 1.80. The van der Waals surface area contributed by atoms with Crippen molar-refractivity contribution in [1.29, 1.82) is 5.26 Å². The van der Waals surface area contributed by atoms with Crippen LogP contribution in [0.15, 0.2) is 71.2 Å². The number of nitriles is 1. The van der Waals surface area contributed by atoms with E-state index in [1.165, 1.54) is 17.8 Å². The SMILES string of the molecule is CC(=O)N1CCC2=C(C1)C(N1CCCc3cc(-c4cnn(C)c4)c(C(F)F)cc31)=N[N+]2=C1CCC(CC2CCN(c3ccc(N4CCC5(CC4)C[C@H](C)N(c4ccc(C#N)c(Cl)c4)C5)nn3)CC2)CC1. The first-order valence-electron chi connectivity index (χ1n) is 25.7. The topological polar surface area (TPSA) is 116 Å².